The zero-order valence-corrected chi connectivity index (χ0v) is 12.4. The molecule has 1 aromatic carbocycles. The van der Waals surface area contributed by atoms with Crippen LogP contribution in [0.3, 0.4) is 0 Å². The van der Waals surface area contributed by atoms with Gasteiger partial charge in [0.1, 0.15) is 0 Å². The fourth-order valence-corrected chi connectivity index (χ4v) is 2.69. The highest BCUT2D eigenvalue weighted by Gasteiger charge is 2.31. The first-order valence-electron chi connectivity index (χ1n) is 6.36. The lowest BCUT2D eigenvalue weighted by molar-refractivity contribution is -0.136. The number of benzene rings is 1. The highest BCUT2D eigenvalue weighted by molar-refractivity contribution is 7.80. The first-order chi connectivity index (χ1) is 10.1. The van der Waals surface area contributed by atoms with Crippen LogP contribution in [-0.2, 0) is 9.53 Å². The van der Waals surface area contributed by atoms with Crippen LogP contribution in [0, 0.1) is 0 Å². The molecule has 0 spiro atoms. The summed E-state index contributed by atoms with van der Waals surface area (Å²) in [6.45, 7) is 1.99. The average molecular weight is 306 g/mol. The number of hydrogen-bond acceptors (Lipinski definition) is 5. The molecular formula is C14H14N2O4S. The van der Waals surface area contributed by atoms with Crippen molar-refractivity contribution in [2.24, 2.45) is 0 Å². The van der Waals surface area contributed by atoms with Crippen molar-refractivity contribution in [3.8, 4) is 11.5 Å². The monoisotopic (exact) mass is 306 g/mol. The number of ether oxygens (including phenoxy) is 3. The third kappa shape index (κ3) is 2.40. The Morgan fingerprint density at radius 3 is 2.90 bits per heavy atom. The van der Waals surface area contributed by atoms with Crippen molar-refractivity contribution >= 4 is 23.3 Å². The van der Waals surface area contributed by atoms with Crippen LogP contribution >= 0.6 is 12.2 Å². The predicted molar refractivity (Wildman–Crippen MR) is 78.9 cm³/mol. The molecule has 3 rings (SSSR count). The molecule has 0 saturated heterocycles. The third-order valence-electron chi connectivity index (χ3n) is 3.40. The molecule has 0 unspecified atom stereocenters. The Hall–Kier alpha value is -2.28. The van der Waals surface area contributed by atoms with E-state index in [1.54, 1.807) is 6.92 Å². The third-order valence-corrected chi connectivity index (χ3v) is 3.62. The smallest absolute Gasteiger partial charge is 0.337 e. The highest BCUT2D eigenvalue weighted by Crippen LogP contribution is 2.36. The maximum atomic E-state index is 12.0. The first-order valence-corrected chi connectivity index (χ1v) is 6.77. The Morgan fingerprint density at radius 2 is 2.14 bits per heavy atom. The van der Waals surface area contributed by atoms with E-state index in [2.05, 4.69) is 10.6 Å². The number of methoxy groups -OCH3 is 1. The topological polar surface area (TPSA) is 68.8 Å². The molecule has 1 aromatic rings. The normalized spacial score (nSPS) is 19.9. The summed E-state index contributed by atoms with van der Waals surface area (Å²) in [7, 11) is 1.35. The van der Waals surface area contributed by atoms with E-state index in [0.29, 0.717) is 27.9 Å². The van der Waals surface area contributed by atoms with Crippen LogP contribution in [0.5, 0.6) is 11.5 Å². The van der Waals surface area contributed by atoms with Crippen LogP contribution in [0.1, 0.15) is 18.5 Å². The minimum Gasteiger partial charge on any atom is -0.466 e. The van der Waals surface area contributed by atoms with Gasteiger partial charge >= 0.3 is 5.97 Å². The molecule has 2 heterocycles. The maximum Gasteiger partial charge on any atom is 0.337 e. The fourth-order valence-electron chi connectivity index (χ4n) is 2.42. The number of thiocarbonyl (C=S) groups is 1. The molecular weight excluding hydrogens is 292 g/mol. The Labute approximate surface area is 127 Å². The van der Waals surface area contributed by atoms with E-state index in [-0.39, 0.29) is 12.8 Å². The second kappa shape index (κ2) is 5.25. The van der Waals surface area contributed by atoms with Crippen LogP contribution in [0.15, 0.2) is 29.5 Å². The number of carbonyl (C=O) groups excluding carboxylic acids is 1. The van der Waals surface area contributed by atoms with E-state index in [9.17, 15) is 4.79 Å². The average Bonchev–Trinajstić information content (AvgIpc) is 2.93. The van der Waals surface area contributed by atoms with E-state index in [0.717, 1.165) is 5.56 Å². The van der Waals surface area contributed by atoms with Crippen molar-refractivity contribution in [2.45, 2.75) is 13.0 Å². The standard InChI is InChI=1S/C14H14N2O4S/c1-7-11(13(17)18-2)12(16-14(21)15-7)8-3-4-9-10(5-8)20-6-19-9/h3-5,12H,6H2,1-2H3,(H2,15,16,21)/t12-/m1/s1. The van der Waals surface area contributed by atoms with Crippen molar-refractivity contribution in [1.29, 1.82) is 0 Å². The van der Waals surface area contributed by atoms with Gasteiger partial charge in [-0.1, -0.05) is 6.07 Å². The first kappa shape index (κ1) is 13.7. The Balaban J connectivity index is 2.04. The van der Waals surface area contributed by atoms with Crippen molar-refractivity contribution in [2.75, 3.05) is 13.9 Å². The zero-order chi connectivity index (χ0) is 15.0. The van der Waals surface area contributed by atoms with Crippen molar-refractivity contribution in [3.63, 3.8) is 0 Å². The van der Waals surface area contributed by atoms with E-state index in [4.69, 9.17) is 26.4 Å². The minimum absolute atomic E-state index is 0.204. The zero-order valence-electron chi connectivity index (χ0n) is 11.6. The van der Waals surface area contributed by atoms with Crippen LogP contribution in [0.4, 0.5) is 0 Å². The highest BCUT2D eigenvalue weighted by atomic mass is 32.1. The molecule has 21 heavy (non-hydrogen) atoms. The molecule has 0 radical (unpaired) electrons. The molecule has 7 heteroatoms. The van der Waals surface area contributed by atoms with Gasteiger partial charge in [0.25, 0.3) is 0 Å². The molecule has 1 atom stereocenters. The number of allylic oxidation sites excluding steroid dienone is 1. The molecule has 2 aliphatic rings. The molecule has 0 aromatic heterocycles. The van der Waals surface area contributed by atoms with Gasteiger partial charge < -0.3 is 24.8 Å². The van der Waals surface area contributed by atoms with Crippen LogP contribution in [-0.4, -0.2) is 25.0 Å². The number of fused-ring (bicyclic) bond motifs is 1. The van der Waals surface area contributed by atoms with Gasteiger partial charge in [0.2, 0.25) is 6.79 Å². The maximum absolute atomic E-state index is 12.0. The summed E-state index contributed by atoms with van der Waals surface area (Å²) in [5, 5.41) is 6.49. The summed E-state index contributed by atoms with van der Waals surface area (Å²) < 4.78 is 15.5. The SMILES string of the molecule is COC(=O)C1=C(C)NC(=S)N[C@@H]1c1ccc2c(c1)OCO2. The number of rotatable bonds is 2. The number of hydrogen-bond donors (Lipinski definition) is 2. The number of carbonyl (C=O) groups is 1. The van der Waals surface area contributed by atoms with E-state index >= 15 is 0 Å². The largest absolute Gasteiger partial charge is 0.466 e. The van der Waals surface area contributed by atoms with Crippen LogP contribution < -0.4 is 20.1 Å². The summed E-state index contributed by atoms with van der Waals surface area (Å²) in [6.07, 6.45) is 0. The number of esters is 1. The molecule has 110 valence electrons. The van der Waals surface area contributed by atoms with Gasteiger partial charge in [-0.3, -0.25) is 0 Å². The van der Waals surface area contributed by atoms with Gasteiger partial charge in [-0.25, -0.2) is 4.79 Å². The Kier molecular flexibility index (Phi) is 3.42. The van der Waals surface area contributed by atoms with Gasteiger partial charge in [-0.05, 0) is 36.8 Å². The predicted octanol–water partition coefficient (Wildman–Crippen LogP) is 1.38. The second-order valence-corrected chi connectivity index (χ2v) is 5.08. The minimum atomic E-state index is -0.405. The number of nitrogens with one attached hydrogen (secondary N) is 2. The molecule has 0 aliphatic carbocycles. The van der Waals surface area contributed by atoms with Gasteiger partial charge in [0, 0.05) is 5.70 Å². The Morgan fingerprint density at radius 1 is 1.38 bits per heavy atom. The van der Waals surface area contributed by atoms with Gasteiger partial charge in [0.15, 0.2) is 16.6 Å². The molecule has 6 nitrogen and oxygen atoms in total. The van der Waals surface area contributed by atoms with Gasteiger partial charge in [-0.15, -0.1) is 0 Å². The van der Waals surface area contributed by atoms with Crippen LogP contribution in [0.2, 0.25) is 0 Å². The Bertz CT molecular complexity index is 656. The van der Waals surface area contributed by atoms with E-state index < -0.39 is 5.97 Å². The summed E-state index contributed by atoms with van der Waals surface area (Å²) in [5.41, 5.74) is 2.01. The van der Waals surface area contributed by atoms with Crippen molar-refractivity contribution in [3.05, 3.63) is 35.0 Å². The van der Waals surface area contributed by atoms with E-state index in [1.165, 1.54) is 7.11 Å². The molecule has 0 amide bonds. The fraction of sp³-hybridized carbons (Fsp3) is 0.286. The summed E-state index contributed by atoms with van der Waals surface area (Å²) in [4.78, 5) is 12.0. The van der Waals surface area contributed by atoms with Gasteiger partial charge in [-0.2, -0.15) is 0 Å². The molecule has 0 bridgehead atoms. The summed E-state index contributed by atoms with van der Waals surface area (Å²) in [5.74, 6) is 0.939. The lowest BCUT2D eigenvalue weighted by Crippen LogP contribution is -2.45. The summed E-state index contributed by atoms with van der Waals surface area (Å²) >= 11 is 5.17. The molecule has 0 fully saturated rings. The molecule has 2 N–H and O–H groups in total. The van der Waals surface area contributed by atoms with Gasteiger partial charge in [0.05, 0.1) is 18.7 Å². The molecule has 0 saturated carbocycles. The van der Waals surface area contributed by atoms with Crippen molar-refractivity contribution < 1.29 is 19.0 Å². The lowest BCUT2D eigenvalue weighted by atomic mass is 9.95. The van der Waals surface area contributed by atoms with E-state index in [1.807, 2.05) is 18.2 Å². The van der Waals surface area contributed by atoms with Crippen molar-refractivity contribution in [1.82, 2.24) is 10.6 Å². The quantitative estimate of drug-likeness (QED) is 0.632. The second-order valence-electron chi connectivity index (χ2n) is 4.67. The summed E-state index contributed by atoms with van der Waals surface area (Å²) in [6, 6.07) is 5.13. The lowest BCUT2D eigenvalue weighted by Gasteiger charge is -2.29. The molecule has 2 aliphatic heterocycles. The van der Waals surface area contributed by atoms with Crippen LogP contribution in [0.25, 0.3) is 0 Å².